The number of fused-ring (bicyclic) bond motifs is 1. The van der Waals surface area contributed by atoms with Crippen molar-refractivity contribution in [2.45, 2.75) is 39.9 Å². The van der Waals surface area contributed by atoms with Crippen LogP contribution in [0.15, 0.2) is 18.2 Å². The Morgan fingerprint density at radius 1 is 1.17 bits per heavy atom. The molecule has 0 amide bonds. The van der Waals surface area contributed by atoms with E-state index < -0.39 is 0 Å². The lowest BCUT2D eigenvalue weighted by Gasteiger charge is -2.10. The summed E-state index contributed by atoms with van der Waals surface area (Å²) in [6.45, 7) is 7.60. The van der Waals surface area contributed by atoms with Crippen molar-refractivity contribution < 1.29 is 14.6 Å². The first-order chi connectivity index (χ1) is 11.7. The summed E-state index contributed by atoms with van der Waals surface area (Å²) >= 11 is 0. The van der Waals surface area contributed by atoms with E-state index in [9.17, 15) is 0 Å². The van der Waals surface area contributed by atoms with Crippen molar-refractivity contribution in [2.75, 3.05) is 19.8 Å². The lowest BCUT2D eigenvalue weighted by atomic mass is 10.1. The zero-order valence-electron chi connectivity index (χ0n) is 14.3. The minimum Gasteiger partial charge on any atom is -0.490 e. The Morgan fingerprint density at radius 2 is 1.96 bits per heavy atom. The molecule has 2 aromatic rings. The first-order valence-corrected chi connectivity index (χ1v) is 8.42. The van der Waals surface area contributed by atoms with Crippen LogP contribution < -0.4 is 14.8 Å². The minimum atomic E-state index is 0.103. The lowest BCUT2D eigenvalue weighted by Crippen LogP contribution is -2.14. The van der Waals surface area contributed by atoms with Crippen LogP contribution in [-0.2, 0) is 19.6 Å². The van der Waals surface area contributed by atoms with Gasteiger partial charge in [-0.2, -0.15) is 5.10 Å². The van der Waals surface area contributed by atoms with Crippen LogP contribution in [0.3, 0.4) is 0 Å². The molecule has 24 heavy (non-hydrogen) atoms. The van der Waals surface area contributed by atoms with Gasteiger partial charge in [0.25, 0.3) is 0 Å². The molecule has 0 aliphatic carbocycles. The Hall–Kier alpha value is -2.05. The summed E-state index contributed by atoms with van der Waals surface area (Å²) in [5.74, 6) is 1.66. The number of nitrogens with zero attached hydrogens (tertiary/aromatic N) is 2. The van der Waals surface area contributed by atoms with E-state index in [0.717, 1.165) is 48.0 Å². The number of aliphatic hydroxyl groups excluding tert-OH is 1. The molecule has 0 radical (unpaired) electrons. The van der Waals surface area contributed by atoms with E-state index in [4.69, 9.17) is 14.6 Å². The first kappa shape index (κ1) is 16.8. The maximum absolute atomic E-state index is 9.09. The highest BCUT2D eigenvalue weighted by Crippen LogP contribution is 2.30. The summed E-state index contributed by atoms with van der Waals surface area (Å²) in [5.41, 5.74) is 4.47. The maximum Gasteiger partial charge on any atom is 0.161 e. The van der Waals surface area contributed by atoms with Gasteiger partial charge in [-0.15, -0.1) is 0 Å². The summed E-state index contributed by atoms with van der Waals surface area (Å²) in [6, 6.07) is 6.09. The Bertz CT molecular complexity index is 697. The Morgan fingerprint density at radius 3 is 2.75 bits per heavy atom. The Labute approximate surface area is 142 Å². The average Bonchev–Trinajstić information content (AvgIpc) is 2.76. The van der Waals surface area contributed by atoms with Gasteiger partial charge in [-0.3, -0.25) is 4.68 Å². The molecule has 6 heteroatoms. The fraction of sp³-hybridized carbons (Fsp3) is 0.500. The van der Waals surface area contributed by atoms with Crippen LogP contribution in [0.4, 0.5) is 0 Å². The number of aryl methyl sites for hydroxylation is 1. The molecule has 3 rings (SSSR count). The van der Waals surface area contributed by atoms with Crippen LogP contribution in [-0.4, -0.2) is 34.7 Å². The summed E-state index contributed by atoms with van der Waals surface area (Å²) in [5, 5.41) is 17.0. The molecule has 0 fully saturated rings. The molecule has 6 nitrogen and oxygen atoms in total. The van der Waals surface area contributed by atoms with Crippen LogP contribution in [0.2, 0.25) is 0 Å². The molecule has 0 spiro atoms. The fourth-order valence-corrected chi connectivity index (χ4v) is 2.95. The molecule has 0 atom stereocenters. The standard InChI is InChI=1S/C18H25N3O3/c1-13-16(14(2)21(20-13)6-7-22)12-19-11-15-4-5-17-18(10-15)24-9-3-8-23-17/h4-5,10,19,22H,3,6-9,11-12H2,1-2H3. The second-order valence-corrected chi connectivity index (χ2v) is 6.03. The van der Waals surface area contributed by atoms with E-state index in [0.29, 0.717) is 19.8 Å². The highest BCUT2D eigenvalue weighted by Gasteiger charge is 2.12. The fourth-order valence-electron chi connectivity index (χ4n) is 2.95. The zero-order valence-corrected chi connectivity index (χ0v) is 14.3. The number of benzene rings is 1. The van der Waals surface area contributed by atoms with Crippen LogP contribution in [0, 0.1) is 13.8 Å². The number of aromatic nitrogens is 2. The van der Waals surface area contributed by atoms with Crippen LogP contribution in [0.5, 0.6) is 11.5 Å². The van der Waals surface area contributed by atoms with Crippen molar-refractivity contribution in [3.8, 4) is 11.5 Å². The molecule has 1 aromatic carbocycles. The molecule has 1 aromatic heterocycles. The normalized spacial score (nSPS) is 13.8. The van der Waals surface area contributed by atoms with Crippen molar-refractivity contribution in [1.82, 2.24) is 15.1 Å². The second kappa shape index (κ2) is 7.68. The van der Waals surface area contributed by atoms with Crippen LogP contribution in [0.1, 0.15) is 28.9 Å². The highest BCUT2D eigenvalue weighted by atomic mass is 16.5. The third-order valence-corrected chi connectivity index (χ3v) is 4.29. The molecule has 0 saturated heterocycles. The molecule has 0 bridgehead atoms. The van der Waals surface area contributed by atoms with Gasteiger partial charge >= 0.3 is 0 Å². The molecule has 2 N–H and O–H groups in total. The smallest absolute Gasteiger partial charge is 0.161 e. The molecular weight excluding hydrogens is 306 g/mol. The number of hydrogen-bond donors (Lipinski definition) is 2. The molecule has 0 unspecified atom stereocenters. The van der Waals surface area contributed by atoms with Gasteiger partial charge in [-0.05, 0) is 31.5 Å². The van der Waals surface area contributed by atoms with Crippen molar-refractivity contribution in [2.24, 2.45) is 0 Å². The molecule has 130 valence electrons. The van der Waals surface area contributed by atoms with Crippen LogP contribution in [0.25, 0.3) is 0 Å². The van der Waals surface area contributed by atoms with Gasteiger partial charge in [0, 0.05) is 30.8 Å². The highest BCUT2D eigenvalue weighted by molar-refractivity contribution is 5.43. The SMILES string of the molecule is Cc1nn(CCO)c(C)c1CNCc1ccc2c(c1)OCCCO2. The zero-order chi connectivity index (χ0) is 16.9. The van der Waals surface area contributed by atoms with E-state index >= 15 is 0 Å². The summed E-state index contributed by atoms with van der Waals surface area (Å²) in [6.07, 6.45) is 0.915. The van der Waals surface area contributed by atoms with E-state index in [2.05, 4.69) is 16.5 Å². The number of hydrogen-bond acceptors (Lipinski definition) is 5. The monoisotopic (exact) mass is 331 g/mol. The quantitative estimate of drug-likeness (QED) is 0.847. The van der Waals surface area contributed by atoms with Gasteiger partial charge in [0.05, 0.1) is 32.1 Å². The van der Waals surface area contributed by atoms with Crippen molar-refractivity contribution in [3.05, 3.63) is 40.7 Å². The lowest BCUT2D eigenvalue weighted by molar-refractivity contribution is 0.267. The summed E-state index contributed by atoms with van der Waals surface area (Å²) in [7, 11) is 0. The number of aliphatic hydroxyl groups is 1. The summed E-state index contributed by atoms with van der Waals surface area (Å²) < 4.78 is 13.3. The summed E-state index contributed by atoms with van der Waals surface area (Å²) in [4.78, 5) is 0. The second-order valence-electron chi connectivity index (χ2n) is 6.03. The Balaban J connectivity index is 1.62. The predicted octanol–water partition coefficient (Wildman–Crippen LogP) is 1.94. The molecule has 1 aliphatic heterocycles. The number of nitrogens with one attached hydrogen (secondary N) is 1. The van der Waals surface area contributed by atoms with E-state index in [1.807, 2.05) is 30.7 Å². The molecular formula is C18H25N3O3. The van der Waals surface area contributed by atoms with Crippen LogP contribution >= 0.6 is 0 Å². The average molecular weight is 331 g/mol. The van der Waals surface area contributed by atoms with Crippen molar-refractivity contribution in [1.29, 1.82) is 0 Å². The largest absolute Gasteiger partial charge is 0.490 e. The predicted molar refractivity (Wildman–Crippen MR) is 91.4 cm³/mol. The van der Waals surface area contributed by atoms with E-state index in [-0.39, 0.29) is 6.61 Å². The topological polar surface area (TPSA) is 68.5 Å². The van der Waals surface area contributed by atoms with Gasteiger partial charge in [-0.1, -0.05) is 6.07 Å². The van der Waals surface area contributed by atoms with Crippen molar-refractivity contribution >= 4 is 0 Å². The number of rotatable bonds is 6. The molecule has 1 aliphatic rings. The molecule has 2 heterocycles. The first-order valence-electron chi connectivity index (χ1n) is 8.42. The third-order valence-electron chi connectivity index (χ3n) is 4.29. The minimum absolute atomic E-state index is 0.103. The maximum atomic E-state index is 9.09. The third kappa shape index (κ3) is 3.71. The van der Waals surface area contributed by atoms with Gasteiger partial charge in [-0.25, -0.2) is 0 Å². The van der Waals surface area contributed by atoms with Gasteiger partial charge in [0.15, 0.2) is 11.5 Å². The van der Waals surface area contributed by atoms with Gasteiger partial charge < -0.3 is 19.9 Å². The van der Waals surface area contributed by atoms with Gasteiger partial charge in [0.2, 0.25) is 0 Å². The number of ether oxygens (including phenoxy) is 2. The van der Waals surface area contributed by atoms with Gasteiger partial charge in [0.1, 0.15) is 0 Å². The van der Waals surface area contributed by atoms with Crippen molar-refractivity contribution in [3.63, 3.8) is 0 Å². The Kier molecular flexibility index (Phi) is 5.37. The van der Waals surface area contributed by atoms with E-state index in [1.165, 1.54) is 5.56 Å². The van der Waals surface area contributed by atoms with E-state index in [1.54, 1.807) is 0 Å². The molecule has 0 saturated carbocycles.